The van der Waals surface area contributed by atoms with Crippen LogP contribution in [0.3, 0.4) is 0 Å². The Balaban J connectivity index is 1.73. The standard InChI is InChI=1S/C22H40O3/c1-3-4-6-10-19(23)11-12-20-21-15-17(9-7-5-8-13-25-2)14-18(21)16-22(20)24/h11-12,17-24H,3-10,13-16H2,1-2H3/b12-11+/t17?,18-,19-,20+,21-,22+/m0/s1. The van der Waals surface area contributed by atoms with Gasteiger partial charge in [-0.3, -0.25) is 0 Å². The molecule has 0 bridgehead atoms. The maximum atomic E-state index is 10.4. The molecule has 2 aliphatic carbocycles. The van der Waals surface area contributed by atoms with Gasteiger partial charge in [-0.15, -0.1) is 0 Å². The number of unbranched alkanes of at least 4 members (excludes halogenated alkanes) is 4. The molecule has 3 nitrogen and oxygen atoms in total. The first-order chi connectivity index (χ1) is 12.2. The highest BCUT2D eigenvalue weighted by Gasteiger charge is 2.46. The molecule has 6 atom stereocenters. The quantitative estimate of drug-likeness (QED) is 0.395. The molecule has 0 aromatic carbocycles. The van der Waals surface area contributed by atoms with E-state index in [0.29, 0.717) is 11.8 Å². The van der Waals surface area contributed by atoms with Crippen LogP contribution in [0.5, 0.6) is 0 Å². The van der Waals surface area contributed by atoms with E-state index in [1.165, 1.54) is 51.4 Å². The zero-order valence-electron chi connectivity index (χ0n) is 16.4. The molecule has 2 saturated carbocycles. The summed E-state index contributed by atoms with van der Waals surface area (Å²) in [6, 6.07) is 0. The van der Waals surface area contributed by atoms with Gasteiger partial charge in [0.1, 0.15) is 0 Å². The number of aliphatic hydroxyl groups is 2. The van der Waals surface area contributed by atoms with Crippen molar-refractivity contribution in [3.8, 4) is 0 Å². The second-order valence-electron chi connectivity index (χ2n) is 8.43. The minimum atomic E-state index is -0.337. The van der Waals surface area contributed by atoms with E-state index in [0.717, 1.165) is 31.8 Å². The van der Waals surface area contributed by atoms with Crippen LogP contribution < -0.4 is 0 Å². The number of methoxy groups -OCH3 is 1. The van der Waals surface area contributed by atoms with E-state index in [4.69, 9.17) is 4.74 Å². The number of ether oxygens (including phenoxy) is 1. The van der Waals surface area contributed by atoms with Crippen LogP contribution in [-0.2, 0) is 4.74 Å². The van der Waals surface area contributed by atoms with E-state index < -0.39 is 0 Å². The third kappa shape index (κ3) is 6.69. The fraction of sp³-hybridized carbons (Fsp3) is 0.909. The first-order valence-electron chi connectivity index (χ1n) is 10.7. The molecule has 3 heteroatoms. The Bertz CT molecular complexity index is 381. The van der Waals surface area contributed by atoms with Crippen LogP contribution in [0.4, 0.5) is 0 Å². The summed E-state index contributed by atoms with van der Waals surface area (Å²) in [5, 5.41) is 20.6. The second-order valence-corrected chi connectivity index (χ2v) is 8.43. The maximum absolute atomic E-state index is 10.4. The molecule has 146 valence electrons. The smallest absolute Gasteiger partial charge is 0.0721 e. The van der Waals surface area contributed by atoms with E-state index >= 15 is 0 Å². The average Bonchev–Trinajstić information content (AvgIpc) is 3.09. The number of hydrogen-bond donors (Lipinski definition) is 2. The second kappa shape index (κ2) is 11.4. The van der Waals surface area contributed by atoms with Crippen molar-refractivity contribution >= 4 is 0 Å². The molecule has 0 aliphatic heterocycles. The lowest BCUT2D eigenvalue weighted by molar-refractivity contribution is 0.133. The predicted octanol–water partition coefficient (Wildman–Crippen LogP) is 4.71. The van der Waals surface area contributed by atoms with Crippen LogP contribution in [0, 0.1) is 23.7 Å². The molecule has 0 heterocycles. The molecule has 0 saturated heterocycles. The van der Waals surface area contributed by atoms with Crippen LogP contribution in [0.1, 0.15) is 77.6 Å². The molecule has 0 radical (unpaired) electrons. The molecule has 0 aromatic rings. The van der Waals surface area contributed by atoms with Crippen molar-refractivity contribution < 1.29 is 14.9 Å². The van der Waals surface area contributed by atoms with Crippen molar-refractivity contribution in [2.24, 2.45) is 23.7 Å². The van der Waals surface area contributed by atoms with Gasteiger partial charge in [0.15, 0.2) is 0 Å². The highest BCUT2D eigenvalue weighted by atomic mass is 16.5. The zero-order valence-corrected chi connectivity index (χ0v) is 16.4. The van der Waals surface area contributed by atoms with Crippen molar-refractivity contribution in [2.75, 3.05) is 13.7 Å². The van der Waals surface area contributed by atoms with Crippen LogP contribution >= 0.6 is 0 Å². The molecule has 0 amide bonds. The highest BCUT2D eigenvalue weighted by Crippen LogP contribution is 2.51. The maximum Gasteiger partial charge on any atom is 0.0721 e. The van der Waals surface area contributed by atoms with Gasteiger partial charge in [0.2, 0.25) is 0 Å². The van der Waals surface area contributed by atoms with Crippen LogP contribution in [0.2, 0.25) is 0 Å². The van der Waals surface area contributed by atoms with E-state index in [2.05, 4.69) is 13.0 Å². The molecular formula is C22H40O3. The van der Waals surface area contributed by atoms with E-state index in [1.54, 1.807) is 7.11 Å². The topological polar surface area (TPSA) is 49.7 Å². The molecule has 2 rings (SSSR count). The third-order valence-corrected chi connectivity index (χ3v) is 6.45. The lowest BCUT2D eigenvalue weighted by atomic mass is 9.89. The van der Waals surface area contributed by atoms with Crippen molar-refractivity contribution in [2.45, 2.75) is 89.8 Å². The van der Waals surface area contributed by atoms with Gasteiger partial charge in [-0.05, 0) is 49.9 Å². The van der Waals surface area contributed by atoms with Gasteiger partial charge in [-0.1, -0.05) is 57.6 Å². The monoisotopic (exact) mass is 352 g/mol. The lowest BCUT2D eigenvalue weighted by Crippen LogP contribution is -2.18. The van der Waals surface area contributed by atoms with Crippen LogP contribution in [-0.4, -0.2) is 36.1 Å². The van der Waals surface area contributed by atoms with Gasteiger partial charge < -0.3 is 14.9 Å². The Morgan fingerprint density at radius 3 is 2.68 bits per heavy atom. The summed E-state index contributed by atoms with van der Waals surface area (Å²) in [6.45, 7) is 3.07. The molecule has 2 N–H and O–H groups in total. The predicted molar refractivity (Wildman–Crippen MR) is 103 cm³/mol. The van der Waals surface area contributed by atoms with Crippen molar-refractivity contribution in [1.29, 1.82) is 0 Å². The molecular weight excluding hydrogens is 312 g/mol. The summed E-state index contributed by atoms with van der Waals surface area (Å²) in [4.78, 5) is 0. The van der Waals surface area contributed by atoms with Gasteiger partial charge >= 0.3 is 0 Å². The SMILES string of the molecule is CCCCC[C@H](O)/C=C/[C@@H]1[C@H]2CC(CCCCCOC)C[C@H]2C[C@H]1O. The van der Waals surface area contributed by atoms with E-state index in [1.807, 2.05) is 6.08 Å². The molecule has 0 spiro atoms. The normalized spacial score (nSPS) is 33.2. The average molecular weight is 353 g/mol. The van der Waals surface area contributed by atoms with Gasteiger partial charge in [-0.25, -0.2) is 0 Å². The largest absolute Gasteiger partial charge is 0.392 e. The molecule has 0 aromatic heterocycles. The third-order valence-electron chi connectivity index (χ3n) is 6.45. The number of fused-ring (bicyclic) bond motifs is 1. The summed E-state index contributed by atoms with van der Waals surface area (Å²) in [5.41, 5.74) is 0. The Morgan fingerprint density at radius 1 is 1.08 bits per heavy atom. The first-order valence-corrected chi connectivity index (χ1v) is 10.7. The van der Waals surface area contributed by atoms with Crippen LogP contribution in [0.15, 0.2) is 12.2 Å². The van der Waals surface area contributed by atoms with Gasteiger partial charge in [0, 0.05) is 19.6 Å². The summed E-state index contributed by atoms with van der Waals surface area (Å²) < 4.78 is 5.12. The van der Waals surface area contributed by atoms with Gasteiger partial charge in [-0.2, -0.15) is 0 Å². The van der Waals surface area contributed by atoms with Crippen molar-refractivity contribution in [3.05, 3.63) is 12.2 Å². The fourth-order valence-electron chi connectivity index (χ4n) is 5.09. The minimum Gasteiger partial charge on any atom is -0.392 e. The molecule has 2 fully saturated rings. The summed E-state index contributed by atoms with van der Waals surface area (Å²) >= 11 is 0. The molecule has 2 aliphatic rings. The Labute approximate surface area is 154 Å². The Hall–Kier alpha value is -0.380. The Morgan fingerprint density at radius 2 is 1.92 bits per heavy atom. The highest BCUT2D eigenvalue weighted by molar-refractivity contribution is 5.06. The first kappa shape index (κ1) is 20.9. The number of aliphatic hydroxyl groups excluding tert-OH is 2. The number of rotatable bonds is 12. The summed E-state index contributed by atoms with van der Waals surface area (Å²) in [6.07, 6.45) is 16.5. The fourth-order valence-corrected chi connectivity index (χ4v) is 5.09. The van der Waals surface area contributed by atoms with Crippen LogP contribution in [0.25, 0.3) is 0 Å². The van der Waals surface area contributed by atoms with Crippen molar-refractivity contribution in [3.63, 3.8) is 0 Å². The summed E-state index contributed by atoms with van der Waals surface area (Å²) in [7, 11) is 1.78. The van der Waals surface area contributed by atoms with Gasteiger partial charge in [0.25, 0.3) is 0 Å². The molecule has 1 unspecified atom stereocenters. The minimum absolute atomic E-state index is 0.197. The van der Waals surface area contributed by atoms with Crippen molar-refractivity contribution in [1.82, 2.24) is 0 Å². The Kier molecular flexibility index (Phi) is 9.51. The summed E-state index contributed by atoms with van der Waals surface area (Å²) in [5.74, 6) is 2.45. The number of hydrogen-bond acceptors (Lipinski definition) is 3. The van der Waals surface area contributed by atoms with E-state index in [9.17, 15) is 10.2 Å². The lowest BCUT2D eigenvalue weighted by Gasteiger charge is -2.19. The zero-order chi connectivity index (χ0) is 18.1. The molecule has 25 heavy (non-hydrogen) atoms. The van der Waals surface area contributed by atoms with E-state index in [-0.39, 0.29) is 18.1 Å². The van der Waals surface area contributed by atoms with Gasteiger partial charge in [0.05, 0.1) is 12.2 Å².